The van der Waals surface area contributed by atoms with E-state index in [2.05, 4.69) is 20.2 Å². The van der Waals surface area contributed by atoms with Crippen molar-refractivity contribution in [2.45, 2.75) is 51.2 Å². The Bertz CT molecular complexity index is 1300. The average Bonchev–Trinajstić information content (AvgIpc) is 3.12. The summed E-state index contributed by atoms with van der Waals surface area (Å²) in [5.41, 5.74) is 8.13. The number of aromatic nitrogens is 2. The fourth-order valence-electron chi connectivity index (χ4n) is 4.33. The molecular formula is C25H31N5O3S2. The number of fused-ring (bicyclic) bond motifs is 1. The number of hydrogen-bond acceptors (Lipinski definition) is 7. The second-order valence-electron chi connectivity index (χ2n) is 9.05. The normalized spacial score (nSPS) is 17.4. The number of aromatic amines is 1. The number of H-pyrrole nitrogens is 1. The molecule has 0 bridgehead atoms. The summed E-state index contributed by atoms with van der Waals surface area (Å²) in [7, 11) is 0. The van der Waals surface area contributed by atoms with Crippen LogP contribution in [0, 0.1) is 19.8 Å². The van der Waals surface area contributed by atoms with Crippen LogP contribution in [-0.2, 0) is 21.9 Å². The number of benzene rings is 1. The van der Waals surface area contributed by atoms with Crippen molar-refractivity contribution >= 4 is 50.8 Å². The molecule has 4 rings (SSSR count). The summed E-state index contributed by atoms with van der Waals surface area (Å²) in [5.74, 6) is 0.523. The summed E-state index contributed by atoms with van der Waals surface area (Å²) in [5, 5.41) is 3.36. The molecule has 10 heteroatoms. The summed E-state index contributed by atoms with van der Waals surface area (Å²) >= 11 is 2.95. The van der Waals surface area contributed by atoms with Crippen molar-refractivity contribution in [3.63, 3.8) is 0 Å². The number of para-hydroxylation sites is 1. The van der Waals surface area contributed by atoms with Crippen molar-refractivity contribution in [1.82, 2.24) is 14.9 Å². The van der Waals surface area contributed by atoms with Crippen LogP contribution in [0.2, 0.25) is 0 Å². The molecule has 2 atom stereocenters. The molecule has 1 aliphatic heterocycles. The van der Waals surface area contributed by atoms with E-state index in [1.165, 1.54) is 23.1 Å². The van der Waals surface area contributed by atoms with Crippen LogP contribution in [0.25, 0.3) is 10.2 Å². The van der Waals surface area contributed by atoms with E-state index in [0.717, 1.165) is 45.9 Å². The lowest BCUT2D eigenvalue weighted by Gasteiger charge is -2.31. The van der Waals surface area contributed by atoms with Gasteiger partial charge in [-0.1, -0.05) is 18.2 Å². The number of rotatable bonds is 8. The number of thioether (sulfide) groups is 1. The van der Waals surface area contributed by atoms with E-state index >= 15 is 0 Å². The number of anilines is 1. The average molecular weight is 514 g/mol. The molecule has 0 radical (unpaired) electrons. The van der Waals surface area contributed by atoms with Gasteiger partial charge in [-0.05, 0) is 57.4 Å². The van der Waals surface area contributed by atoms with Crippen molar-refractivity contribution in [3.8, 4) is 0 Å². The van der Waals surface area contributed by atoms with Gasteiger partial charge in [-0.15, -0.1) is 23.1 Å². The molecule has 1 fully saturated rings. The Balaban J connectivity index is 1.38. The van der Waals surface area contributed by atoms with Crippen LogP contribution >= 0.6 is 23.1 Å². The minimum atomic E-state index is -0.343. The zero-order valence-corrected chi connectivity index (χ0v) is 21.9. The predicted molar refractivity (Wildman–Crippen MR) is 143 cm³/mol. The van der Waals surface area contributed by atoms with Gasteiger partial charge in [0, 0.05) is 23.7 Å². The molecule has 1 aliphatic rings. The predicted octanol–water partition coefficient (Wildman–Crippen LogP) is 3.56. The summed E-state index contributed by atoms with van der Waals surface area (Å²) in [6.07, 6.45) is 1.76. The first kappa shape index (κ1) is 25.4. The Morgan fingerprint density at radius 2 is 2.11 bits per heavy atom. The summed E-state index contributed by atoms with van der Waals surface area (Å²) in [6.45, 7) is 7.96. The first-order chi connectivity index (χ1) is 16.7. The van der Waals surface area contributed by atoms with Crippen LogP contribution < -0.4 is 16.6 Å². The third-order valence-corrected chi connectivity index (χ3v) is 8.76. The van der Waals surface area contributed by atoms with Gasteiger partial charge in [0.25, 0.3) is 5.56 Å². The van der Waals surface area contributed by atoms with Gasteiger partial charge in [0.1, 0.15) is 10.7 Å². The van der Waals surface area contributed by atoms with Crippen molar-refractivity contribution in [2.75, 3.05) is 18.4 Å². The lowest BCUT2D eigenvalue weighted by Crippen LogP contribution is -2.40. The molecule has 0 spiro atoms. The number of hydrogen-bond donors (Lipinski definition) is 3. The van der Waals surface area contributed by atoms with Crippen LogP contribution in [0.4, 0.5) is 5.69 Å². The molecule has 0 aliphatic carbocycles. The summed E-state index contributed by atoms with van der Waals surface area (Å²) in [4.78, 5) is 48.6. The summed E-state index contributed by atoms with van der Waals surface area (Å²) in [6, 6.07) is 7.74. The third-order valence-electron chi connectivity index (χ3n) is 6.50. The highest BCUT2D eigenvalue weighted by Gasteiger charge is 2.25. The molecule has 1 saturated heterocycles. The maximum absolute atomic E-state index is 12.9. The van der Waals surface area contributed by atoms with Gasteiger partial charge in [-0.25, -0.2) is 4.98 Å². The van der Waals surface area contributed by atoms with Gasteiger partial charge < -0.3 is 16.0 Å². The maximum Gasteiger partial charge on any atom is 0.259 e. The topological polar surface area (TPSA) is 121 Å². The quantitative estimate of drug-likeness (QED) is 0.424. The number of primary amides is 1. The van der Waals surface area contributed by atoms with E-state index in [-0.39, 0.29) is 28.5 Å². The van der Waals surface area contributed by atoms with Crippen molar-refractivity contribution in [1.29, 1.82) is 0 Å². The Morgan fingerprint density at radius 1 is 1.34 bits per heavy atom. The van der Waals surface area contributed by atoms with E-state index < -0.39 is 0 Å². The minimum absolute atomic E-state index is 0.109. The third kappa shape index (κ3) is 5.94. The zero-order valence-electron chi connectivity index (χ0n) is 20.2. The molecule has 2 aromatic heterocycles. The van der Waals surface area contributed by atoms with Crippen LogP contribution in [0.5, 0.6) is 0 Å². The van der Waals surface area contributed by atoms with Gasteiger partial charge in [-0.3, -0.25) is 19.3 Å². The van der Waals surface area contributed by atoms with E-state index in [1.807, 2.05) is 45.0 Å². The van der Waals surface area contributed by atoms with Crippen LogP contribution in [0.15, 0.2) is 29.1 Å². The number of piperidine rings is 1. The first-order valence-corrected chi connectivity index (χ1v) is 13.6. The molecule has 0 saturated carbocycles. The van der Waals surface area contributed by atoms with Crippen molar-refractivity contribution < 1.29 is 9.59 Å². The first-order valence-electron chi connectivity index (χ1n) is 11.7. The van der Waals surface area contributed by atoms with E-state index in [1.54, 1.807) is 0 Å². The number of aryl methyl sites for hydroxylation is 2. The highest BCUT2D eigenvalue weighted by molar-refractivity contribution is 7.99. The number of nitrogens with zero attached hydrogens (tertiary/aromatic N) is 2. The van der Waals surface area contributed by atoms with Gasteiger partial charge in [-0.2, -0.15) is 0 Å². The monoisotopic (exact) mass is 513 g/mol. The number of carbonyl (C=O) groups excluding carboxylic acids is 2. The Morgan fingerprint density at radius 3 is 2.89 bits per heavy atom. The van der Waals surface area contributed by atoms with Gasteiger partial charge >= 0.3 is 0 Å². The standard InChI is InChI=1S/C25H31N5O3S2/c1-14-15(2)35-25-21(14)24(33)28-20(29-25)13-34-16(3)23(32)27-19-9-5-4-7-17(19)11-30-10-6-8-18(12-30)22(26)31/h4-5,7,9,16,18H,6,8,10-13H2,1-3H3,(H2,26,31)(H,27,32)(H,28,29,33). The van der Waals surface area contributed by atoms with E-state index in [0.29, 0.717) is 30.1 Å². The number of likely N-dealkylation sites (tertiary alicyclic amines) is 1. The highest BCUT2D eigenvalue weighted by Crippen LogP contribution is 2.27. The fourth-order valence-corrected chi connectivity index (χ4v) is 6.14. The lowest BCUT2D eigenvalue weighted by molar-refractivity contribution is -0.123. The number of amides is 2. The Labute approximate surface area is 212 Å². The zero-order chi connectivity index (χ0) is 25.1. The second kappa shape index (κ2) is 10.9. The molecule has 2 amide bonds. The molecule has 4 N–H and O–H groups in total. The second-order valence-corrected chi connectivity index (χ2v) is 11.6. The largest absolute Gasteiger partial charge is 0.369 e. The number of carbonyl (C=O) groups is 2. The van der Waals surface area contributed by atoms with Crippen molar-refractivity contribution in [2.24, 2.45) is 11.7 Å². The molecule has 8 nitrogen and oxygen atoms in total. The van der Waals surface area contributed by atoms with E-state index in [9.17, 15) is 14.4 Å². The van der Waals surface area contributed by atoms with Crippen LogP contribution in [0.1, 0.15) is 41.6 Å². The molecule has 186 valence electrons. The van der Waals surface area contributed by atoms with Gasteiger partial charge in [0.05, 0.1) is 22.3 Å². The van der Waals surface area contributed by atoms with E-state index in [4.69, 9.17) is 5.73 Å². The highest BCUT2D eigenvalue weighted by atomic mass is 32.2. The van der Waals surface area contributed by atoms with Crippen LogP contribution in [0.3, 0.4) is 0 Å². The van der Waals surface area contributed by atoms with Crippen molar-refractivity contribution in [3.05, 3.63) is 56.4 Å². The number of thiophene rings is 1. The lowest BCUT2D eigenvalue weighted by atomic mass is 9.97. The van der Waals surface area contributed by atoms with Gasteiger partial charge in [0.2, 0.25) is 11.8 Å². The molecule has 2 unspecified atom stereocenters. The smallest absolute Gasteiger partial charge is 0.259 e. The summed E-state index contributed by atoms with van der Waals surface area (Å²) < 4.78 is 0. The number of nitrogens with two attached hydrogens (primary N) is 1. The van der Waals surface area contributed by atoms with Crippen LogP contribution in [-0.4, -0.2) is 45.0 Å². The minimum Gasteiger partial charge on any atom is -0.369 e. The molecule has 3 aromatic rings. The number of nitrogens with one attached hydrogen (secondary N) is 2. The maximum atomic E-state index is 12.9. The Kier molecular flexibility index (Phi) is 7.93. The molecule has 3 heterocycles. The SMILES string of the molecule is Cc1sc2nc(CSC(C)C(=O)Nc3ccccc3CN3CCCC(C(N)=O)C3)[nH]c(=O)c2c1C. The molecular weight excluding hydrogens is 482 g/mol. The molecule has 35 heavy (non-hydrogen) atoms. The molecule has 1 aromatic carbocycles. The Hall–Kier alpha value is -2.69. The fraction of sp³-hybridized carbons (Fsp3) is 0.440. The van der Waals surface area contributed by atoms with Gasteiger partial charge in [0.15, 0.2) is 0 Å².